The maximum absolute atomic E-state index is 6.17. The van der Waals surface area contributed by atoms with Crippen LogP contribution in [0.2, 0.25) is 5.02 Å². The van der Waals surface area contributed by atoms with Gasteiger partial charge in [-0.05, 0) is 36.6 Å². The van der Waals surface area contributed by atoms with Gasteiger partial charge in [0.2, 0.25) is 5.95 Å². The quantitative estimate of drug-likeness (QED) is 0.909. The smallest absolute Gasteiger partial charge is 0.223 e. The van der Waals surface area contributed by atoms with Crippen molar-refractivity contribution in [2.75, 3.05) is 5.32 Å². The van der Waals surface area contributed by atoms with Crippen LogP contribution in [0.5, 0.6) is 0 Å². The molecule has 104 valence electrons. The van der Waals surface area contributed by atoms with E-state index in [1.54, 1.807) is 12.4 Å². The molecule has 1 fully saturated rings. The van der Waals surface area contributed by atoms with Gasteiger partial charge in [0, 0.05) is 17.4 Å². The zero-order valence-corrected chi connectivity index (χ0v) is 12.1. The van der Waals surface area contributed by atoms with E-state index in [2.05, 4.69) is 27.4 Å². The SMILES string of the molecule is Clc1cccc(C2(Nc3ncccn3)CCCCC2)c1. The Kier molecular flexibility index (Phi) is 3.88. The number of aromatic nitrogens is 2. The summed E-state index contributed by atoms with van der Waals surface area (Å²) < 4.78 is 0. The molecule has 0 aliphatic heterocycles. The molecule has 1 aliphatic rings. The molecule has 20 heavy (non-hydrogen) atoms. The molecule has 0 spiro atoms. The zero-order chi connectivity index (χ0) is 13.8. The third kappa shape index (κ3) is 2.78. The highest BCUT2D eigenvalue weighted by Gasteiger charge is 2.34. The topological polar surface area (TPSA) is 37.8 Å². The van der Waals surface area contributed by atoms with Gasteiger partial charge in [-0.25, -0.2) is 9.97 Å². The highest BCUT2D eigenvalue weighted by atomic mass is 35.5. The summed E-state index contributed by atoms with van der Waals surface area (Å²) in [5.74, 6) is 0.689. The van der Waals surface area contributed by atoms with Gasteiger partial charge in [-0.2, -0.15) is 0 Å². The van der Waals surface area contributed by atoms with E-state index in [1.807, 2.05) is 18.2 Å². The van der Waals surface area contributed by atoms with Gasteiger partial charge in [0.05, 0.1) is 5.54 Å². The standard InChI is InChI=1S/C16H18ClN3/c17-14-7-4-6-13(12-14)16(8-2-1-3-9-16)20-15-18-10-5-11-19-15/h4-7,10-12H,1-3,8-9H2,(H,18,19,20). The van der Waals surface area contributed by atoms with Crippen molar-refractivity contribution < 1.29 is 0 Å². The highest BCUT2D eigenvalue weighted by molar-refractivity contribution is 6.30. The number of rotatable bonds is 3. The van der Waals surface area contributed by atoms with Crippen LogP contribution in [0.1, 0.15) is 37.7 Å². The Bertz CT molecular complexity index is 565. The molecule has 1 aliphatic carbocycles. The van der Waals surface area contributed by atoms with Crippen LogP contribution in [0.15, 0.2) is 42.7 Å². The molecule has 3 nitrogen and oxygen atoms in total. The molecule has 0 saturated heterocycles. The first-order valence-corrected chi connectivity index (χ1v) is 7.48. The van der Waals surface area contributed by atoms with E-state index in [1.165, 1.54) is 24.8 Å². The van der Waals surface area contributed by atoms with E-state index < -0.39 is 0 Å². The second-order valence-corrected chi connectivity index (χ2v) is 5.79. The van der Waals surface area contributed by atoms with Crippen molar-refractivity contribution in [3.63, 3.8) is 0 Å². The van der Waals surface area contributed by atoms with Crippen molar-refractivity contribution in [1.29, 1.82) is 0 Å². The van der Waals surface area contributed by atoms with E-state index >= 15 is 0 Å². The van der Waals surface area contributed by atoms with E-state index in [-0.39, 0.29) is 5.54 Å². The largest absolute Gasteiger partial charge is 0.345 e. The summed E-state index contributed by atoms with van der Waals surface area (Å²) in [6.45, 7) is 0. The molecule has 1 saturated carbocycles. The summed E-state index contributed by atoms with van der Waals surface area (Å²) in [5.41, 5.74) is 1.14. The Hall–Kier alpha value is -1.61. The molecular weight excluding hydrogens is 270 g/mol. The molecule has 1 aromatic carbocycles. The summed E-state index contributed by atoms with van der Waals surface area (Å²) in [5, 5.41) is 4.34. The van der Waals surface area contributed by atoms with Gasteiger partial charge in [0.25, 0.3) is 0 Å². The van der Waals surface area contributed by atoms with E-state index in [9.17, 15) is 0 Å². The van der Waals surface area contributed by atoms with Gasteiger partial charge >= 0.3 is 0 Å². The maximum Gasteiger partial charge on any atom is 0.223 e. The molecule has 1 N–H and O–H groups in total. The first-order chi connectivity index (χ1) is 9.78. The van der Waals surface area contributed by atoms with Crippen molar-refractivity contribution >= 4 is 17.5 Å². The molecule has 0 radical (unpaired) electrons. The average molecular weight is 288 g/mol. The molecule has 0 atom stereocenters. The number of nitrogens with one attached hydrogen (secondary N) is 1. The van der Waals surface area contributed by atoms with Crippen LogP contribution in [0.4, 0.5) is 5.95 Å². The lowest BCUT2D eigenvalue weighted by atomic mass is 9.76. The Morgan fingerprint density at radius 1 is 1.00 bits per heavy atom. The van der Waals surface area contributed by atoms with Crippen molar-refractivity contribution in [2.24, 2.45) is 0 Å². The summed E-state index contributed by atoms with van der Waals surface area (Å²) in [6, 6.07) is 9.97. The summed E-state index contributed by atoms with van der Waals surface area (Å²) in [6.07, 6.45) is 9.43. The maximum atomic E-state index is 6.17. The molecule has 2 aromatic rings. The molecule has 0 unspecified atom stereocenters. The van der Waals surface area contributed by atoms with Gasteiger partial charge in [0.15, 0.2) is 0 Å². The van der Waals surface area contributed by atoms with Crippen molar-refractivity contribution in [3.05, 3.63) is 53.3 Å². The lowest BCUT2D eigenvalue weighted by Crippen LogP contribution is -2.38. The predicted octanol–water partition coefficient (Wildman–Crippen LogP) is 4.40. The molecule has 1 heterocycles. The van der Waals surface area contributed by atoms with Gasteiger partial charge < -0.3 is 5.32 Å². The van der Waals surface area contributed by atoms with Crippen LogP contribution in [-0.4, -0.2) is 9.97 Å². The van der Waals surface area contributed by atoms with Crippen LogP contribution in [0, 0.1) is 0 Å². The van der Waals surface area contributed by atoms with Crippen LogP contribution in [0.3, 0.4) is 0 Å². The number of halogens is 1. The highest BCUT2D eigenvalue weighted by Crippen LogP contribution is 2.40. The number of benzene rings is 1. The van der Waals surface area contributed by atoms with Gasteiger partial charge in [-0.3, -0.25) is 0 Å². The van der Waals surface area contributed by atoms with Gasteiger partial charge in [-0.1, -0.05) is 43.0 Å². The van der Waals surface area contributed by atoms with Crippen LogP contribution in [0.25, 0.3) is 0 Å². The van der Waals surface area contributed by atoms with Gasteiger partial charge in [-0.15, -0.1) is 0 Å². The summed E-state index contributed by atoms with van der Waals surface area (Å²) in [4.78, 5) is 8.62. The van der Waals surface area contributed by atoms with Gasteiger partial charge in [0.1, 0.15) is 0 Å². The average Bonchev–Trinajstić information content (AvgIpc) is 2.49. The van der Waals surface area contributed by atoms with Crippen molar-refractivity contribution in [2.45, 2.75) is 37.6 Å². The second-order valence-electron chi connectivity index (χ2n) is 5.35. The Morgan fingerprint density at radius 2 is 1.75 bits per heavy atom. The molecule has 4 heteroatoms. The Balaban J connectivity index is 1.96. The van der Waals surface area contributed by atoms with E-state index in [0.29, 0.717) is 5.95 Å². The number of hydrogen-bond donors (Lipinski definition) is 1. The second kappa shape index (κ2) is 5.80. The third-order valence-electron chi connectivity index (χ3n) is 4.00. The number of nitrogens with zero attached hydrogens (tertiary/aromatic N) is 2. The summed E-state index contributed by atoms with van der Waals surface area (Å²) >= 11 is 6.17. The van der Waals surface area contributed by atoms with Crippen molar-refractivity contribution in [1.82, 2.24) is 9.97 Å². The first kappa shape index (κ1) is 13.4. The van der Waals surface area contributed by atoms with E-state index in [0.717, 1.165) is 17.9 Å². The van der Waals surface area contributed by atoms with Crippen molar-refractivity contribution in [3.8, 4) is 0 Å². The van der Waals surface area contributed by atoms with E-state index in [4.69, 9.17) is 11.6 Å². The Morgan fingerprint density at radius 3 is 2.45 bits per heavy atom. The molecular formula is C16H18ClN3. The van der Waals surface area contributed by atoms with Crippen LogP contribution >= 0.6 is 11.6 Å². The molecule has 1 aromatic heterocycles. The molecule has 0 amide bonds. The molecule has 0 bridgehead atoms. The van der Waals surface area contributed by atoms with Crippen LogP contribution in [-0.2, 0) is 5.54 Å². The molecule has 3 rings (SSSR count). The normalized spacial score (nSPS) is 17.6. The minimum absolute atomic E-state index is 0.0928. The number of hydrogen-bond acceptors (Lipinski definition) is 3. The summed E-state index contributed by atoms with van der Waals surface area (Å²) in [7, 11) is 0. The first-order valence-electron chi connectivity index (χ1n) is 7.10. The van der Waals surface area contributed by atoms with Crippen LogP contribution < -0.4 is 5.32 Å². The fraction of sp³-hybridized carbons (Fsp3) is 0.375. The lowest BCUT2D eigenvalue weighted by molar-refractivity contribution is 0.329. The fourth-order valence-electron chi connectivity index (χ4n) is 3.00. The third-order valence-corrected chi connectivity index (χ3v) is 4.24. The predicted molar refractivity (Wildman–Crippen MR) is 81.9 cm³/mol. The Labute approximate surface area is 124 Å². The monoisotopic (exact) mass is 287 g/mol. The fourth-order valence-corrected chi connectivity index (χ4v) is 3.20. The number of anilines is 1. The minimum Gasteiger partial charge on any atom is -0.345 e. The minimum atomic E-state index is -0.0928. The zero-order valence-electron chi connectivity index (χ0n) is 11.3. The lowest BCUT2D eigenvalue weighted by Gasteiger charge is -2.38.